The number of carbonyl (C=O) groups is 1. The van der Waals surface area contributed by atoms with Crippen molar-refractivity contribution in [2.45, 2.75) is 39.8 Å². The normalized spacial score (nSPS) is 11.1. The van der Waals surface area contributed by atoms with Crippen molar-refractivity contribution in [3.8, 4) is 0 Å². The number of hydrogen-bond acceptors (Lipinski definition) is 2. The number of rotatable bonds is 4. The topological polar surface area (TPSA) is 31.2 Å². The Labute approximate surface area is 107 Å². The smallest absolute Gasteiger partial charge is 0.326 e. The molecule has 2 rings (SSSR count). The zero-order valence-electron chi connectivity index (χ0n) is 11.1. The Balaban J connectivity index is 2.31. The van der Waals surface area contributed by atoms with E-state index in [-0.39, 0.29) is 18.6 Å². The minimum atomic E-state index is -0.187. The van der Waals surface area contributed by atoms with Gasteiger partial charge in [-0.05, 0) is 31.9 Å². The third-order valence-electron chi connectivity index (χ3n) is 2.92. The van der Waals surface area contributed by atoms with Crippen molar-refractivity contribution in [2.75, 3.05) is 0 Å². The van der Waals surface area contributed by atoms with Crippen molar-refractivity contribution in [1.82, 2.24) is 4.57 Å². The maximum atomic E-state index is 11.7. The zero-order valence-corrected chi connectivity index (χ0v) is 11.1. The third-order valence-corrected chi connectivity index (χ3v) is 2.92. The quantitative estimate of drug-likeness (QED) is 0.775. The number of aryl methyl sites for hydroxylation is 1. The molecule has 18 heavy (non-hydrogen) atoms. The second-order valence-electron chi connectivity index (χ2n) is 4.69. The van der Waals surface area contributed by atoms with Crippen molar-refractivity contribution in [3.05, 3.63) is 36.0 Å². The van der Waals surface area contributed by atoms with E-state index in [2.05, 4.69) is 13.0 Å². The van der Waals surface area contributed by atoms with Crippen LogP contribution in [-0.2, 0) is 22.5 Å². The molecule has 96 valence electrons. The van der Waals surface area contributed by atoms with Crippen LogP contribution in [0.15, 0.2) is 30.5 Å². The molecule has 0 bridgehead atoms. The lowest BCUT2D eigenvalue weighted by Crippen LogP contribution is -2.17. The summed E-state index contributed by atoms with van der Waals surface area (Å²) in [5, 5.41) is 1.22. The molecule has 1 aromatic heterocycles. The Morgan fingerprint density at radius 2 is 2.06 bits per heavy atom. The molecule has 3 heteroatoms. The molecule has 0 atom stereocenters. The number of esters is 1. The fraction of sp³-hybridized carbons (Fsp3) is 0.400. The number of para-hydroxylation sites is 1. The molecule has 0 aliphatic heterocycles. The van der Waals surface area contributed by atoms with E-state index in [1.807, 2.05) is 42.8 Å². The number of carbonyl (C=O) groups excluding carboxylic acids is 1. The number of ether oxygens (including phenoxy) is 1. The second kappa shape index (κ2) is 5.25. The maximum absolute atomic E-state index is 11.7. The Bertz CT molecular complexity index is 555. The summed E-state index contributed by atoms with van der Waals surface area (Å²) in [6.07, 6.45) is 2.95. The fourth-order valence-electron chi connectivity index (χ4n) is 2.17. The molecule has 0 aliphatic carbocycles. The first-order chi connectivity index (χ1) is 8.61. The lowest BCUT2D eigenvalue weighted by atomic mass is 10.1. The van der Waals surface area contributed by atoms with Crippen molar-refractivity contribution < 1.29 is 9.53 Å². The minimum Gasteiger partial charge on any atom is -0.462 e. The number of fused-ring (bicyclic) bond motifs is 1. The second-order valence-corrected chi connectivity index (χ2v) is 4.69. The summed E-state index contributed by atoms with van der Waals surface area (Å²) in [6.45, 7) is 6.13. The maximum Gasteiger partial charge on any atom is 0.326 e. The Hall–Kier alpha value is -1.77. The highest BCUT2D eigenvalue weighted by Crippen LogP contribution is 2.21. The average Bonchev–Trinajstić information content (AvgIpc) is 2.67. The molecule has 0 unspecified atom stereocenters. The molecule has 0 fully saturated rings. The van der Waals surface area contributed by atoms with Crippen LogP contribution in [0.4, 0.5) is 0 Å². The number of hydrogen-bond donors (Lipinski definition) is 0. The number of benzene rings is 1. The molecular weight excluding hydrogens is 226 g/mol. The van der Waals surface area contributed by atoms with Gasteiger partial charge in [0.15, 0.2) is 0 Å². The van der Waals surface area contributed by atoms with E-state index in [1.165, 1.54) is 10.9 Å². The van der Waals surface area contributed by atoms with Crippen LogP contribution in [0.3, 0.4) is 0 Å². The van der Waals surface area contributed by atoms with E-state index in [0.717, 1.165) is 11.9 Å². The highest BCUT2D eigenvalue weighted by atomic mass is 16.5. The molecular formula is C15H19NO2. The van der Waals surface area contributed by atoms with Gasteiger partial charge in [-0.2, -0.15) is 0 Å². The lowest BCUT2D eigenvalue weighted by Gasteiger charge is -2.09. The van der Waals surface area contributed by atoms with Gasteiger partial charge in [-0.15, -0.1) is 0 Å². The Kier molecular flexibility index (Phi) is 3.70. The Morgan fingerprint density at radius 1 is 1.33 bits per heavy atom. The predicted molar refractivity (Wildman–Crippen MR) is 72.5 cm³/mol. The monoisotopic (exact) mass is 245 g/mol. The van der Waals surface area contributed by atoms with Crippen LogP contribution in [0.1, 0.15) is 26.3 Å². The number of nitrogens with zero attached hydrogens (tertiary/aromatic N) is 1. The molecule has 3 nitrogen and oxygen atoms in total. The highest BCUT2D eigenvalue weighted by molar-refractivity contribution is 5.85. The lowest BCUT2D eigenvalue weighted by molar-refractivity contribution is -0.148. The first-order valence-corrected chi connectivity index (χ1v) is 6.38. The van der Waals surface area contributed by atoms with Gasteiger partial charge in [0.25, 0.3) is 0 Å². The van der Waals surface area contributed by atoms with E-state index in [9.17, 15) is 4.79 Å². The number of aromatic nitrogens is 1. The van der Waals surface area contributed by atoms with Gasteiger partial charge >= 0.3 is 5.97 Å². The molecule has 0 saturated carbocycles. The van der Waals surface area contributed by atoms with Crippen molar-refractivity contribution >= 4 is 16.9 Å². The first-order valence-electron chi connectivity index (χ1n) is 6.38. The van der Waals surface area contributed by atoms with Crippen molar-refractivity contribution in [1.29, 1.82) is 0 Å². The van der Waals surface area contributed by atoms with Crippen LogP contribution in [-0.4, -0.2) is 16.6 Å². The molecule has 0 aliphatic rings. The standard InChI is InChI=1S/C15H19NO2/c1-4-12-9-16(10-15(17)18-11(2)3)14-8-6-5-7-13(12)14/h5-9,11H,4,10H2,1-3H3. The van der Waals surface area contributed by atoms with Gasteiger partial charge in [0.1, 0.15) is 6.54 Å². The van der Waals surface area contributed by atoms with Gasteiger partial charge in [0.2, 0.25) is 0 Å². The van der Waals surface area contributed by atoms with E-state index in [1.54, 1.807) is 0 Å². The van der Waals surface area contributed by atoms with E-state index < -0.39 is 0 Å². The fourth-order valence-corrected chi connectivity index (χ4v) is 2.17. The van der Waals surface area contributed by atoms with Gasteiger partial charge in [0, 0.05) is 17.1 Å². The van der Waals surface area contributed by atoms with E-state index in [0.29, 0.717) is 0 Å². The summed E-state index contributed by atoms with van der Waals surface area (Å²) in [6, 6.07) is 8.15. The van der Waals surface area contributed by atoms with Crippen molar-refractivity contribution in [2.24, 2.45) is 0 Å². The highest BCUT2D eigenvalue weighted by Gasteiger charge is 2.11. The van der Waals surface area contributed by atoms with Gasteiger partial charge in [0.05, 0.1) is 6.10 Å². The predicted octanol–water partition coefficient (Wildman–Crippen LogP) is 3.16. The summed E-state index contributed by atoms with van der Waals surface area (Å²) in [4.78, 5) is 11.7. The minimum absolute atomic E-state index is 0.0648. The SMILES string of the molecule is CCc1cn(CC(=O)OC(C)C)c2ccccc12. The summed E-state index contributed by atoms with van der Waals surface area (Å²) in [5.74, 6) is -0.187. The zero-order chi connectivity index (χ0) is 13.1. The first kappa shape index (κ1) is 12.7. The van der Waals surface area contributed by atoms with Crippen LogP contribution in [0.25, 0.3) is 10.9 Å². The van der Waals surface area contributed by atoms with Gasteiger partial charge in [-0.3, -0.25) is 4.79 Å². The van der Waals surface area contributed by atoms with Gasteiger partial charge in [-0.1, -0.05) is 25.1 Å². The largest absolute Gasteiger partial charge is 0.462 e. The van der Waals surface area contributed by atoms with Crippen LogP contribution in [0.5, 0.6) is 0 Å². The van der Waals surface area contributed by atoms with Gasteiger partial charge < -0.3 is 9.30 Å². The Morgan fingerprint density at radius 3 is 2.72 bits per heavy atom. The van der Waals surface area contributed by atoms with Gasteiger partial charge in [-0.25, -0.2) is 0 Å². The molecule has 0 saturated heterocycles. The summed E-state index contributed by atoms with van der Waals surface area (Å²) in [5.41, 5.74) is 2.36. The summed E-state index contributed by atoms with van der Waals surface area (Å²) >= 11 is 0. The molecule has 2 aromatic rings. The van der Waals surface area contributed by atoms with Crippen LogP contribution >= 0.6 is 0 Å². The molecule has 1 aromatic carbocycles. The summed E-state index contributed by atoms with van der Waals surface area (Å²) in [7, 11) is 0. The third kappa shape index (κ3) is 2.55. The molecule has 1 heterocycles. The summed E-state index contributed by atoms with van der Waals surface area (Å²) < 4.78 is 7.16. The molecule has 0 radical (unpaired) electrons. The molecule has 0 amide bonds. The van der Waals surface area contributed by atoms with Crippen LogP contribution in [0.2, 0.25) is 0 Å². The van der Waals surface area contributed by atoms with Crippen LogP contribution < -0.4 is 0 Å². The van der Waals surface area contributed by atoms with E-state index in [4.69, 9.17) is 4.74 Å². The van der Waals surface area contributed by atoms with Crippen LogP contribution in [0, 0.1) is 0 Å². The van der Waals surface area contributed by atoms with E-state index >= 15 is 0 Å². The molecule has 0 N–H and O–H groups in total. The van der Waals surface area contributed by atoms with Crippen molar-refractivity contribution in [3.63, 3.8) is 0 Å². The molecule has 0 spiro atoms. The average molecular weight is 245 g/mol.